The lowest BCUT2D eigenvalue weighted by Gasteiger charge is -2.26. The van der Waals surface area contributed by atoms with Gasteiger partial charge in [-0.1, -0.05) is 11.6 Å². The maximum atomic E-state index is 12.0. The van der Waals surface area contributed by atoms with Crippen molar-refractivity contribution >= 4 is 38.6 Å². The zero-order chi connectivity index (χ0) is 14.0. The topological polar surface area (TPSA) is 102 Å². The standard InChI is InChI=1S/C8H10ClN3O5S2/c9-8-6(12(13)14)5-7(18-8)19(15,16)10-11-1-3-17-4-2-11/h5,10H,1-4H2. The van der Waals surface area contributed by atoms with Crippen molar-refractivity contribution in [3.05, 3.63) is 20.5 Å². The van der Waals surface area contributed by atoms with Gasteiger partial charge >= 0.3 is 0 Å². The molecule has 0 saturated carbocycles. The maximum Gasteiger partial charge on any atom is 0.300 e. The Hall–Kier alpha value is -0.780. The van der Waals surface area contributed by atoms with Crippen molar-refractivity contribution in [3.63, 3.8) is 0 Å². The van der Waals surface area contributed by atoms with Crippen molar-refractivity contribution in [1.29, 1.82) is 0 Å². The first-order chi connectivity index (χ1) is 8.90. The lowest BCUT2D eigenvalue weighted by Crippen LogP contribution is -2.48. The van der Waals surface area contributed by atoms with Gasteiger partial charge in [-0.05, 0) is 0 Å². The number of hydrogen-bond donors (Lipinski definition) is 1. The van der Waals surface area contributed by atoms with Gasteiger partial charge in [0.2, 0.25) is 0 Å². The van der Waals surface area contributed by atoms with Crippen molar-refractivity contribution in [3.8, 4) is 0 Å². The molecule has 1 saturated heterocycles. The van der Waals surface area contributed by atoms with Gasteiger partial charge in [0.05, 0.1) is 18.1 Å². The Morgan fingerprint density at radius 2 is 2.11 bits per heavy atom. The average Bonchev–Trinajstić information content (AvgIpc) is 2.73. The maximum absolute atomic E-state index is 12.0. The predicted octanol–water partition coefficient (Wildman–Crippen LogP) is 0.835. The van der Waals surface area contributed by atoms with Gasteiger partial charge in [-0.3, -0.25) is 10.1 Å². The van der Waals surface area contributed by atoms with E-state index in [1.54, 1.807) is 0 Å². The molecule has 1 aromatic heterocycles. The summed E-state index contributed by atoms with van der Waals surface area (Å²) >= 11 is 6.29. The van der Waals surface area contributed by atoms with Crippen LogP contribution in [0.3, 0.4) is 0 Å². The molecule has 0 spiro atoms. The van der Waals surface area contributed by atoms with Crippen LogP contribution < -0.4 is 4.83 Å². The van der Waals surface area contributed by atoms with Crippen molar-refractivity contribution in [2.75, 3.05) is 26.3 Å². The van der Waals surface area contributed by atoms with E-state index in [-0.39, 0.29) is 8.55 Å². The Balaban J connectivity index is 2.19. The number of nitrogens with one attached hydrogen (secondary N) is 1. The zero-order valence-electron chi connectivity index (χ0n) is 9.54. The molecule has 1 N–H and O–H groups in total. The van der Waals surface area contributed by atoms with E-state index in [0.29, 0.717) is 37.6 Å². The highest BCUT2D eigenvalue weighted by atomic mass is 35.5. The Morgan fingerprint density at radius 1 is 1.47 bits per heavy atom. The highest BCUT2D eigenvalue weighted by molar-refractivity contribution is 7.91. The third kappa shape index (κ3) is 3.41. The second-order valence-corrected chi connectivity index (χ2v) is 7.22. The third-order valence-electron chi connectivity index (χ3n) is 2.37. The zero-order valence-corrected chi connectivity index (χ0v) is 11.9. The van der Waals surface area contributed by atoms with E-state index in [4.69, 9.17) is 16.3 Å². The van der Waals surface area contributed by atoms with Gasteiger partial charge in [0.1, 0.15) is 4.21 Å². The predicted molar refractivity (Wildman–Crippen MR) is 68.7 cm³/mol. The lowest BCUT2D eigenvalue weighted by molar-refractivity contribution is -0.384. The number of nitrogens with zero attached hydrogens (tertiary/aromatic N) is 2. The van der Waals surface area contributed by atoms with E-state index in [1.807, 2.05) is 0 Å². The van der Waals surface area contributed by atoms with E-state index in [2.05, 4.69) is 4.83 Å². The van der Waals surface area contributed by atoms with Crippen molar-refractivity contribution in [2.24, 2.45) is 0 Å². The molecule has 1 fully saturated rings. The third-order valence-corrected chi connectivity index (χ3v) is 5.55. The Labute approximate surface area is 118 Å². The highest BCUT2D eigenvalue weighted by Gasteiger charge is 2.27. The first kappa shape index (κ1) is 14.6. The van der Waals surface area contributed by atoms with Crippen LogP contribution in [0.5, 0.6) is 0 Å². The van der Waals surface area contributed by atoms with E-state index in [0.717, 1.165) is 6.07 Å². The van der Waals surface area contributed by atoms with Gasteiger partial charge in [0, 0.05) is 19.2 Å². The van der Waals surface area contributed by atoms with Crippen LogP contribution in [-0.4, -0.2) is 44.7 Å². The molecule has 0 amide bonds. The quantitative estimate of drug-likeness (QED) is 0.649. The molecule has 1 aliphatic rings. The summed E-state index contributed by atoms with van der Waals surface area (Å²) in [7, 11) is -3.85. The minimum atomic E-state index is -3.85. The van der Waals surface area contributed by atoms with Gasteiger partial charge in [-0.25, -0.2) is 13.4 Å². The van der Waals surface area contributed by atoms with Crippen LogP contribution in [-0.2, 0) is 14.8 Å². The summed E-state index contributed by atoms with van der Waals surface area (Å²) in [6, 6.07) is 0.954. The van der Waals surface area contributed by atoms with E-state index < -0.39 is 20.6 Å². The minimum absolute atomic E-state index is 0.160. The molecule has 11 heteroatoms. The van der Waals surface area contributed by atoms with Crippen molar-refractivity contribution in [1.82, 2.24) is 9.84 Å². The van der Waals surface area contributed by atoms with Crippen LogP contribution >= 0.6 is 22.9 Å². The summed E-state index contributed by atoms with van der Waals surface area (Å²) in [5.41, 5.74) is -0.408. The van der Waals surface area contributed by atoms with Crippen LogP contribution in [0.15, 0.2) is 10.3 Å². The molecular formula is C8H10ClN3O5S2. The number of nitro groups is 1. The van der Waals surface area contributed by atoms with E-state index in [9.17, 15) is 18.5 Å². The molecule has 2 heterocycles. The summed E-state index contributed by atoms with van der Waals surface area (Å²) in [6.07, 6.45) is 0. The number of morpholine rings is 1. The second kappa shape index (κ2) is 5.69. The molecular weight excluding hydrogens is 318 g/mol. The number of hydrogen-bond acceptors (Lipinski definition) is 7. The summed E-state index contributed by atoms with van der Waals surface area (Å²) < 4.78 is 28.8. The van der Waals surface area contributed by atoms with Gasteiger partial charge < -0.3 is 4.74 Å². The second-order valence-electron chi connectivity index (χ2n) is 3.68. The molecule has 1 aliphatic heterocycles. The fraction of sp³-hybridized carbons (Fsp3) is 0.500. The Bertz CT molecular complexity index is 581. The number of halogens is 1. The number of hydrazine groups is 1. The minimum Gasteiger partial charge on any atom is -0.379 e. The van der Waals surface area contributed by atoms with Gasteiger partial charge in [0.25, 0.3) is 15.7 Å². The molecule has 1 aromatic rings. The Morgan fingerprint density at radius 3 is 2.63 bits per heavy atom. The largest absolute Gasteiger partial charge is 0.379 e. The molecule has 106 valence electrons. The van der Waals surface area contributed by atoms with E-state index in [1.165, 1.54) is 5.01 Å². The number of rotatable bonds is 4. The molecule has 0 unspecified atom stereocenters. The first-order valence-electron chi connectivity index (χ1n) is 5.19. The van der Waals surface area contributed by atoms with Crippen LogP contribution in [0.25, 0.3) is 0 Å². The van der Waals surface area contributed by atoms with Gasteiger partial charge in [-0.15, -0.1) is 16.2 Å². The molecule has 0 radical (unpaired) electrons. The van der Waals surface area contributed by atoms with Crippen molar-refractivity contribution in [2.45, 2.75) is 4.21 Å². The molecule has 0 atom stereocenters. The Kier molecular flexibility index (Phi) is 4.38. The lowest BCUT2D eigenvalue weighted by atomic mass is 10.5. The molecule has 19 heavy (non-hydrogen) atoms. The number of ether oxygens (including phenoxy) is 1. The SMILES string of the molecule is O=[N+]([O-])c1cc(S(=O)(=O)NN2CCOCC2)sc1Cl. The van der Waals surface area contributed by atoms with Crippen LogP contribution in [0.2, 0.25) is 4.34 Å². The summed E-state index contributed by atoms with van der Waals surface area (Å²) in [4.78, 5) is 12.3. The fourth-order valence-corrected chi connectivity index (χ4v) is 4.24. The molecule has 0 aromatic carbocycles. The van der Waals surface area contributed by atoms with Crippen LogP contribution in [0, 0.1) is 10.1 Å². The molecule has 0 aliphatic carbocycles. The van der Waals surface area contributed by atoms with Gasteiger partial charge in [-0.2, -0.15) is 0 Å². The highest BCUT2D eigenvalue weighted by Crippen LogP contribution is 2.36. The smallest absolute Gasteiger partial charge is 0.300 e. The average molecular weight is 328 g/mol. The summed E-state index contributed by atoms with van der Waals surface area (Å²) in [6.45, 7) is 1.68. The first-order valence-corrected chi connectivity index (χ1v) is 7.87. The fourth-order valence-electron chi connectivity index (χ4n) is 1.46. The molecule has 0 bridgehead atoms. The number of sulfonamides is 1. The van der Waals surface area contributed by atoms with Gasteiger partial charge in [0.15, 0.2) is 4.34 Å². The molecule has 8 nitrogen and oxygen atoms in total. The van der Waals surface area contributed by atoms with E-state index >= 15 is 0 Å². The van der Waals surface area contributed by atoms with Crippen LogP contribution in [0.4, 0.5) is 5.69 Å². The summed E-state index contributed by atoms with van der Waals surface area (Å²) in [5.74, 6) is 0. The normalized spacial score (nSPS) is 17.5. The monoisotopic (exact) mass is 327 g/mol. The van der Waals surface area contributed by atoms with Crippen molar-refractivity contribution < 1.29 is 18.1 Å². The summed E-state index contributed by atoms with van der Waals surface area (Å²) in [5, 5.41) is 12.1. The van der Waals surface area contributed by atoms with Crippen LogP contribution in [0.1, 0.15) is 0 Å². The molecule has 2 rings (SSSR count). The number of thiophene rings is 1.